The van der Waals surface area contributed by atoms with Gasteiger partial charge < -0.3 is 0 Å². The highest BCUT2D eigenvalue weighted by molar-refractivity contribution is 6.30. The molecule has 0 saturated heterocycles. The highest BCUT2D eigenvalue weighted by atomic mass is 35.5. The molecule has 0 fully saturated rings. The summed E-state index contributed by atoms with van der Waals surface area (Å²) in [6.07, 6.45) is 5.10. The van der Waals surface area contributed by atoms with Crippen molar-refractivity contribution in [3.63, 3.8) is 0 Å². The monoisotopic (exact) mass is 253 g/mol. The van der Waals surface area contributed by atoms with E-state index in [1.54, 1.807) is 23.3 Å². The van der Waals surface area contributed by atoms with Crippen molar-refractivity contribution in [2.45, 2.75) is 34.6 Å². The standard InChI is InChI=1S/C9H8ClN3.2C2H6/c1-7-2-3-9(11-4-7)13-6-8(10)5-12-13;2*1-2/h2-6H,1H3;2*1-2H3. The van der Waals surface area contributed by atoms with E-state index in [4.69, 9.17) is 11.6 Å². The van der Waals surface area contributed by atoms with Crippen LogP contribution in [0.4, 0.5) is 0 Å². The van der Waals surface area contributed by atoms with Gasteiger partial charge in [0.15, 0.2) is 5.82 Å². The zero-order chi connectivity index (χ0) is 13.3. The number of hydrogen-bond donors (Lipinski definition) is 0. The van der Waals surface area contributed by atoms with Crippen LogP contribution in [-0.4, -0.2) is 14.8 Å². The minimum absolute atomic E-state index is 0.613. The molecule has 4 heteroatoms. The van der Waals surface area contributed by atoms with Crippen molar-refractivity contribution in [2.24, 2.45) is 0 Å². The van der Waals surface area contributed by atoms with Gasteiger partial charge in [0.2, 0.25) is 0 Å². The molecule has 0 spiro atoms. The molecule has 0 aliphatic carbocycles. The van der Waals surface area contributed by atoms with Crippen molar-refractivity contribution in [2.75, 3.05) is 0 Å². The molecule has 2 aromatic heterocycles. The first-order valence-electron chi connectivity index (χ1n) is 5.89. The van der Waals surface area contributed by atoms with Crippen molar-refractivity contribution >= 4 is 11.6 Å². The van der Waals surface area contributed by atoms with Crippen LogP contribution in [-0.2, 0) is 0 Å². The van der Waals surface area contributed by atoms with Crippen LogP contribution in [0.1, 0.15) is 33.3 Å². The Bertz CT molecular complexity index is 407. The molecule has 0 saturated carbocycles. The average molecular weight is 254 g/mol. The number of halogens is 1. The summed E-state index contributed by atoms with van der Waals surface area (Å²) in [6.45, 7) is 9.99. The van der Waals surface area contributed by atoms with E-state index < -0.39 is 0 Å². The summed E-state index contributed by atoms with van der Waals surface area (Å²) in [6, 6.07) is 3.89. The van der Waals surface area contributed by atoms with Crippen molar-refractivity contribution in [1.82, 2.24) is 14.8 Å². The third kappa shape index (κ3) is 5.00. The quantitative estimate of drug-likeness (QED) is 0.759. The van der Waals surface area contributed by atoms with Gasteiger partial charge in [-0.2, -0.15) is 5.10 Å². The summed E-state index contributed by atoms with van der Waals surface area (Å²) < 4.78 is 1.64. The van der Waals surface area contributed by atoms with Crippen LogP contribution in [0.15, 0.2) is 30.7 Å². The van der Waals surface area contributed by atoms with Crippen molar-refractivity contribution in [1.29, 1.82) is 0 Å². The number of nitrogens with zero attached hydrogens (tertiary/aromatic N) is 3. The lowest BCUT2D eigenvalue weighted by Gasteiger charge is -1.98. The molecular formula is C13H20ClN3. The Labute approximate surface area is 108 Å². The molecular weight excluding hydrogens is 234 g/mol. The largest absolute Gasteiger partial charge is 0.237 e. The molecule has 0 N–H and O–H groups in total. The normalized spacial score (nSPS) is 8.59. The van der Waals surface area contributed by atoms with Crippen LogP contribution in [0.25, 0.3) is 5.82 Å². The second-order valence-corrected chi connectivity index (χ2v) is 3.23. The summed E-state index contributed by atoms with van der Waals surface area (Å²) >= 11 is 5.73. The molecule has 0 unspecified atom stereocenters. The maximum absolute atomic E-state index is 5.73. The van der Waals surface area contributed by atoms with Gasteiger partial charge in [-0.15, -0.1) is 0 Å². The van der Waals surface area contributed by atoms with Gasteiger partial charge in [0.05, 0.1) is 17.4 Å². The number of aryl methyl sites for hydroxylation is 1. The first kappa shape index (κ1) is 15.7. The topological polar surface area (TPSA) is 30.7 Å². The Morgan fingerprint density at radius 2 is 1.71 bits per heavy atom. The molecule has 0 bridgehead atoms. The van der Waals surface area contributed by atoms with E-state index in [1.807, 2.05) is 46.8 Å². The van der Waals surface area contributed by atoms with Crippen molar-refractivity contribution in [3.8, 4) is 5.82 Å². The van der Waals surface area contributed by atoms with E-state index in [9.17, 15) is 0 Å². The van der Waals surface area contributed by atoms with E-state index in [0.717, 1.165) is 11.4 Å². The molecule has 2 aromatic rings. The fraction of sp³-hybridized carbons (Fsp3) is 0.385. The highest BCUT2D eigenvalue weighted by Crippen LogP contribution is 2.09. The summed E-state index contributed by atoms with van der Waals surface area (Å²) in [4.78, 5) is 4.20. The second-order valence-electron chi connectivity index (χ2n) is 2.80. The molecule has 0 radical (unpaired) electrons. The number of pyridine rings is 1. The zero-order valence-corrected chi connectivity index (χ0v) is 11.9. The molecule has 0 amide bonds. The van der Waals surface area contributed by atoms with Crippen LogP contribution in [0.3, 0.4) is 0 Å². The van der Waals surface area contributed by atoms with E-state index in [2.05, 4.69) is 10.1 Å². The summed E-state index contributed by atoms with van der Waals surface area (Å²) in [7, 11) is 0. The first-order chi connectivity index (χ1) is 8.25. The highest BCUT2D eigenvalue weighted by Gasteiger charge is 1.98. The SMILES string of the molecule is CC.CC.Cc1ccc(-n2cc(Cl)cn2)nc1. The van der Waals surface area contributed by atoms with Gasteiger partial charge in [-0.1, -0.05) is 45.4 Å². The Kier molecular flexibility index (Phi) is 8.07. The molecule has 0 aromatic carbocycles. The summed E-state index contributed by atoms with van der Waals surface area (Å²) in [5.41, 5.74) is 1.13. The predicted molar refractivity (Wildman–Crippen MR) is 73.8 cm³/mol. The third-order valence-electron chi connectivity index (χ3n) is 1.68. The Balaban J connectivity index is 0.000000581. The van der Waals surface area contributed by atoms with Gasteiger partial charge in [0, 0.05) is 6.20 Å². The Hall–Kier alpha value is -1.35. The third-order valence-corrected chi connectivity index (χ3v) is 1.88. The maximum atomic E-state index is 5.73. The van der Waals surface area contributed by atoms with Gasteiger partial charge in [0.1, 0.15) is 0 Å². The van der Waals surface area contributed by atoms with E-state index in [0.29, 0.717) is 5.02 Å². The Morgan fingerprint density at radius 1 is 1.06 bits per heavy atom. The fourth-order valence-electron chi connectivity index (χ4n) is 1.02. The van der Waals surface area contributed by atoms with Crippen LogP contribution in [0.5, 0.6) is 0 Å². The number of hydrogen-bond acceptors (Lipinski definition) is 2. The smallest absolute Gasteiger partial charge is 0.153 e. The fourth-order valence-corrected chi connectivity index (χ4v) is 1.16. The molecule has 94 valence electrons. The number of rotatable bonds is 1. The molecule has 0 atom stereocenters. The second kappa shape index (κ2) is 8.76. The molecule has 0 aliphatic heterocycles. The summed E-state index contributed by atoms with van der Waals surface area (Å²) in [5, 5.41) is 4.65. The molecule has 17 heavy (non-hydrogen) atoms. The molecule has 3 nitrogen and oxygen atoms in total. The molecule has 2 rings (SSSR count). The predicted octanol–water partition coefficient (Wildman–Crippen LogP) is 4.28. The Morgan fingerprint density at radius 3 is 2.12 bits per heavy atom. The van der Waals surface area contributed by atoms with E-state index >= 15 is 0 Å². The van der Waals surface area contributed by atoms with Gasteiger partial charge in [-0.25, -0.2) is 9.67 Å². The zero-order valence-electron chi connectivity index (χ0n) is 11.1. The maximum Gasteiger partial charge on any atom is 0.153 e. The average Bonchev–Trinajstić information content (AvgIpc) is 2.82. The lowest BCUT2D eigenvalue weighted by molar-refractivity contribution is 0.845. The minimum atomic E-state index is 0.613. The van der Waals surface area contributed by atoms with Gasteiger partial charge >= 0.3 is 0 Å². The molecule has 0 aliphatic rings. The van der Waals surface area contributed by atoms with Crippen molar-refractivity contribution < 1.29 is 0 Å². The molecule has 2 heterocycles. The van der Waals surface area contributed by atoms with Crippen LogP contribution in [0.2, 0.25) is 5.02 Å². The van der Waals surface area contributed by atoms with Gasteiger partial charge in [-0.3, -0.25) is 0 Å². The van der Waals surface area contributed by atoms with Crippen molar-refractivity contribution in [3.05, 3.63) is 41.3 Å². The first-order valence-corrected chi connectivity index (χ1v) is 6.27. The summed E-state index contributed by atoms with van der Waals surface area (Å²) in [5.74, 6) is 0.775. The lowest BCUT2D eigenvalue weighted by atomic mass is 10.3. The lowest BCUT2D eigenvalue weighted by Crippen LogP contribution is -1.96. The van der Waals surface area contributed by atoms with Gasteiger partial charge in [-0.05, 0) is 18.6 Å². The van der Waals surface area contributed by atoms with Crippen LogP contribution in [0, 0.1) is 6.92 Å². The van der Waals surface area contributed by atoms with Crippen LogP contribution >= 0.6 is 11.6 Å². The van der Waals surface area contributed by atoms with E-state index in [1.165, 1.54) is 0 Å². The minimum Gasteiger partial charge on any atom is -0.237 e. The van der Waals surface area contributed by atoms with Gasteiger partial charge in [0.25, 0.3) is 0 Å². The van der Waals surface area contributed by atoms with E-state index in [-0.39, 0.29) is 0 Å². The number of aromatic nitrogens is 3. The van der Waals surface area contributed by atoms with Crippen LogP contribution < -0.4 is 0 Å².